The number of likely N-dealkylation sites (tertiary alicyclic amines) is 1. The Morgan fingerprint density at radius 1 is 1.12 bits per heavy atom. The van der Waals surface area contributed by atoms with Crippen LogP contribution in [0, 0.1) is 17.8 Å². The van der Waals surface area contributed by atoms with Crippen LogP contribution in [0.4, 0.5) is 5.69 Å². The molecule has 0 bridgehead atoms. The van der Waals surface area contributed by atoms with E-state index in [2.05, 4.69) is 4.90 Å². The van der Waals surface area contributed by atoms with Gasteiger partial charge in [-0.2, -0.15) is 8.42 Å². The Labute approximate surface area is 149 Å². The number of allylic oxidation sites excluding steroid dienone is 1. The molecule has 6 heteroatoms. The van der Waals surface area contributed by atoms with Gasteiger partial charge >= 0.3 is 10.0 Å². The Kier molecular flexibility index (Phi) is 3.23. The number of quaternary nitrogens is 1. The van der Waals surface area contributed by atoms with Crippen LogP contribution >= 0.6 is 0 Å². The summed E-state index contributed by atoms with van der Waals surface area (Å²) in [6.45, 7) is 2.11. The van der Waals surface area contributed by atoms with Gasteiger partial charge in [0.25, 0.3) is 0 Å². The first-order valence-corrected chi connectivity index (χ1v) is 11.1. The Morgan fingerprint density at radius 3 is 2.36 bits per heavy atom. The molecule has 1 saturated heterocycles. The van der Waals surface area contributed by atoms with Gasteiger partial charge in [-0.15, -0.1) is 0 Å². The van der Waals surface area contributed by atoms with Crippen LogP contribution in [0.2, 0.25) is 0 Å². The van der Waals surface area contributed by atoms with Crippen molar-refractivity contribution >= 4 is 21.4 Å². The Balaban J connectivity index is 1.65. The summed E-state index contributed by atoms with van der Waals surface area (Å²) in [5.74, 6) is 2.02. The number of nitrogens with zero attached hydrogens (tertiary/aromatic N) is 3. The molecule has 0 N–H and O–H groups in total. The van der Waals surface area contributed by atoms with Crippen LogP contribution in [0.5, 0.6) is 0 Å². The Bertz CT molecular complexity index is 863. The number of hydrogen-bond acceptors (Lipinski definition) is 4. The fourth-order valence-corrected chi connectivity index (χ4v) is 5.45. The molecule has 4 aliphatic rings. The van der Waals surface area contributed by atoms with Crippen molar-refractivity contribution in [1.29, 1.82) is 0 Å². The molecule has 2 heterocycles. The first-order chi connectivity index (χ1) is 12.0. The second kappa shape index (κ2) is 5.17. The molecule has 5 rings (SSSR count). The predicted molar refractivity (Wildman–Crippen MR) is 99.1 cm³/mol. The summed E-state index contributed by atoms with van der Waals surface area (Å²) in [5.41, 5.74) is 2.79. The lowest BCUT2D eigenvalue weighted by atomic mass is 9.80. The summed E-state index contributed by atoms with van der Waals surface area (Å²) in [6.07, 6.45) is 7.98. The zero-order valence-corrected chi connectivity index (χ0v) is 15.3. The summed E-state index contributed by atoms with van der Waals surface area (Å²) in [6, 6.07) is 9.41. The highest BCUT2D eigenvalue weighted by Crippen LogP contribution is 2.48. The molecule has 2 aliphatic heterocycles. The smallest absolute Gasteiger partial charge is 0.328 e. The van der Waals surface area contributed by atoms with Gasteiger partial charge in [0, 0.05) is 31.1 Å². The number of benzene rings is 1. The van der Waals surface area contributed by atoms with Gasteiger partial charge in [-0.3, -0.25) is 0 Å². The molecule has 0 aromatic heterocycles. The van der Waals surface area contributed by atoms with Crippen LogP contribution < -0.4 is 4.00 Å². The van der Waals surface area contributed by atoms with E-state index in [1.54, 1.807) is 0 Å². The van der Waals surface area contributed by atoms with E-state index in [1.807, 2.05) is 36.5 Å². The fraction of sp³-hybridized carbons (Fsp3) is 0.526. The number of hydrogen-bond donors (Lipinski definition) is 0. The van der Waals surface area contributed by atoms with E-state index < -0.39 is 14.0 Å². The highest BCUT2D eigenvalue weighted by Gasteiger charge is 2.53. The second-order valence-electron chi connectivity index (χ2n) is 7.98. The van der Waals surface area contributed by atoms with E-state index in [9.17, 15) is 8.42 Å². The zero-order chi connectivity index (χ0) is 17.2. The van der Waals surface area contributed by atoms with Gasteiger partial charge in [0.15, 0.2) is 11.9 Å². The molecule has 3 atom stereocenters. The third kappa shape index (κ3) is 2.30. The highest BCUT2D eigenvalue weighted by atomic mass is 32.2. The lowest BCUT2D eigenvalue weighted by Gasteiger charge is -2.29. The van der Waals surface area contributed by atoms with Crippen molar-refractivity contribution < 1.29 is 8.42 Å². The van der Waals surface area contributed by atoms with Gasteiger partial charge in [0.2, 0.25) is 0 Å². The SMILES string of the molecule is CS(=O)(=O)[N+]1(c2ccccc2)C=C(N2CC3CC3C2)C(C2CCC2)=N1. The van der Waals surface area contributed by atoms with Crippen molar-refractivity contribution in [1.82, 2.24) is 8.90 Å². The number of piperidine rings is 1. The van der Waals surface area contributed by atoms with E-state index in [0.29, 0.717) is 11.6 Å². The molecule has 25 heavy (non-hydrogen) atoms. The Hall–Kier alpha value is -1.66. The first kappa shape index (κ1) is 15.6. The molecule has 0 spiro atoms. The third-order valence-electron chi connectivity index (χ3n) is 6.26. The molecule has 132 valence electrons. The maximum Gasteiger partial charge on any atom is 0.328 e. The fourth-order valence-electron chi connectivity index (χ4n) is 4.42. The average Bonchev–Trinajstić information content (AvgIpc) is 2.96. The van der Waals surface area contributed by atoms with Crippen molar-refractivity contribution in [2.24, 2.45) is 22.9 Å². The minimum absolute atomic E-state index is 0.411. The van der Waals surface area contributed by atoms with E-state index >= 15 is 0 Å². The molecule has 0 amide bonds. The summed E-state index contributed by atoms with van der Waals surface area (Å²) in [5, 5.41) is 4.88. The molecule has 3 fully saturated rings. The number of para-hydroxylation sites is 1. The minimum Gasteiger partial charge on any atom is -0.365 e. The van der Waals surface area contributed by atoms with Gasteiger partial charge in [-0.25, -0.2) is 0 Å². The maximum absolute atomic E-state index is 12.9. The molecular formula is C19H24N3O2S+. The van der Waals surface area contributed by atoms with Crippen molar-refractivity contribution in [3.63, 3.8) is 0 Å². The predicted octanol–water partition coefficient (Wildman–Crippen LogP) is 2.92. The summed E-state index contributed by atoms with van der Waals surface area (Å²) >= 11 is 0. The molecule has 1 aromatic carbocycles. The zero-order valence-electron chi connectivity index (χ0n) is 14.5. The second-order valence-corrected chi connectivity index (χ2v) is 10.0. The number of rotatable bonds is 4. The van der Waals surface area contributed by atoms with Crippen LogP contribution in [0.1, 0.15) is 25.7 Å². The topological polar surface area (TPSA) is 49.7 Å². The average molecular weight is 358 g/mol. The van der Waals surface area contributed by atoms with Crippen LogP contribution in [-0.2, 0) is 10.0 Å². The van der Waals surface area contributed by atoms with Gasteiger partial charge < -0.3 is 4.90 Å². The molecule has 2 saturated carbocycles. The van der Waals surface area contributed by atoms with Crippen molar-refractivity contribution in [3.05, 3.63) is 42.2 Å². The molecule has 0 radical (unpaired) electrons. The number of fused-ring (bicyclic) bond motifs is 1. The summed E-state index contributed by atoms with van der Waals surface area (Å²) < 4.78 is 25.3. The van der Waals surface area contributed by atoms with E-state index in [0.717, 1.165) is 49.2 Å². The quantitative estimate of drug-likeness (QED) is 0.778. The van der Waals surface area contributed by atoms with Crippen LogP contribution in [-0.4, -0.2) is 38.4 Å². The first-order valence-electron chi connectivity index (χ1n) is 9.21. The Morgan fingerprint density at radius 2 is 1.80 bits per heavy atom. The lowest BCUT2D eigenvalue weighted by Crippen LogP contribution is -2.42. The van der Waals surface area contributed by atoms with Gasteiger partial charge in [-0.05, 0) is 35.1 Å². The molecule has 5 nitrogen and oxygen atoms in total. The van der Waals surface area contributed by atoms with E-state index in [4.69, 9.17) is 5.10 Å². The standard InChI is InChI=1S/C19H24N3O2S/c1-25(23,24)22(17-8-3-2-4-9-17)13-18(19(20-22)14-6-5-7-14)21-11-15-10-16(15)12-21/h2-4,8-9,13-16H,5-7,10-12H2,1H3/q+1. The molecule has 3 unspecified atom stereocenters. The van der Waals surface area contributed by atoms with Crippen molar-refractivity contribution in [2.75, 3.05) is 19.3 Å². The minimum atomic E-state index is -3.49. The van der Waals surface area contributed by atoms with Crippen LogP contribution in [0.3, 0.4) is 0 Å². The molecule has 1 aromatic rings. The highest BCUT2D eigenvalue weighted by molar-refractivity contribution is 7.90. The van der Waals surface area contributed by atoms with Gasteiger partial charge in [0.05, 0.1) is 6.26 Å². The van der Waals surface area contributed by atoms with Crippen LogP contribution in [0.15, 0.2) is 47.3 Å². The van der Waals surface area contributed by atoms with Crippen LogP contribution in [0.25, 0.3) is 0 Å². The lowest BCUT2D eigenvalue weighted by molar-refractivity contribution is 0.375. The normalized spacial score (nSPS) is 34.4. The summed E-state index contributed by atoms with van der Waals surface area (Å²) in [4.78, 5) is 2.39. The number of sulfonamides is 1. The van der Waals surface area contributed by atoms with E-state index in [1.165, 1.54) is 19.1 Å². The summed E-state index contributed by atoms with van der Waals surface area (Å²) in [7, 11) is -3.49. The molecular weight excluding hydrogens is 334 g/mol. The monoisotopic (exact) mass is 358 g/mol. The molecule has 2 aliphatic carbocycles. The third-order valence-corrected chi connectivity index (χ3v) is 7.67. The van der Waals surface area contributed by atoms with E-state index in [-0.39, 0.29) is 0 Å². The van der Waals surface area contributed by atoms with Crippen molar-refractivity contribution in [2.45, 2.75) is 25.7 Å². The maximum atomic E-state index is 12.9. The largest absolute Gasteiger partial charge is 0.365 e. The van der Waals surface area contributed by atoms with Crippen molar-refractivity contribution in [3.8, 4) is 0 Å². The van der Waals surface area contributed by atoms with Gasteiger partial charge in [0.1, 0.15) is 11.4 Å². The van der Waals surface area contributed by atoms with Gasteiger partial charge in [-0.1, -0.05) is 29.7 Å².